The van der Waals surface area contributed by atoms with Crippen LogP contribution in [0.1, 0.15) is 38.2 Å². The van der Waals surface area contributed by atoms with Crippen molar-refractivity contribution in [3.8, 4) is 0 Å². The molecule has 2 aliphatic heterocycles. The van der Waals surface area contributed by atoms with Crippen LogP contribution >= 0.6 is 0 Å². The van der Waals surface area contributed by atoms with Crippen molar-refractivity contribution in [1.29, 1.82) is 0 Å². The fraction of sp³-hybridized carbons (Fsp3) is 0.526. The van der Waals surface area contributed by atoms with Crippen LogP contribution < -0.4 is 0 Å². The highest BCUT2D eigenvalue weighted by Crippen LogP contribution is 2.25. The smallest absolute Gasteiger partial charge is 0.410 e. The lowest BCUT2D eigenvalue weighted by atomic mass is 10.1. The quantitative estimate of drug-likeness (QED) is 0.841. The molecule has 1 aromatic rings. The zero-order valence-corrected chi connectivity index (χ0v) is 14.5. The van der Waals surface area contributed by atoms with Gasteiger partial charge in [0.2, 0.25) is 5.91 Å². The van der Waals surface area contributed by atoms with Gasteiger partial charge in [-0.2, -0.15) is 0 Å². The summed E-state index contributed by atoms with van der Waals surface area (Å²) in [6, 6.07) is 8.62. The molecular weight excluding hydrogens is 320 g/mol. The van der Waals surface area contributed by atoms with Gasteiger partial charge in [-0.25, -0.2) is 4.79 Å². The Kier molecular flexibility index (Phi) is 5.36. The number of hydrogen-bond donors (Lipinski definition) is 0. The van der Waals surface area contributed by atoms with Crippen molar-refractivity contribution in [1.82, 2.24) is 9.80 Å². The lowest BCUT2D eigenvalue weighted by Gasteiger charge is -2.30. The molecule has 2 heterocycles. The predicted octanol–water partition coefficient (Wildman–Crippen LogP) is 2.37. The summed E-state index contributed by atoms with van der Waals surface area (Å²) < 4.78 is 5.38. The van der Waals surface area contributed by atoms with Crippen LogP contribution in [0.3, 0.4) is 0 Å². The van der Waals surface area contributed by atoms with Crippen LogP contribution in [0, 0.1) is 0 Å². The van der Waals surface area contributed by atoms with Crippen LogP contribution in [0.4, 0.5) is 4.79 Å². The van der Waals surface area contributed by atoms with E-state index in [0.29, 0.717) is 25.9 Å². The first-order valence-corrected chi connectivity index (χ1v) is 8.86. The summed E-state index contributed by atoms with van der Waals surface area (Å²) >= 11 is 0. The van der Waals surface area contributed by atoms with Crippen LogP contribution in [0.2, 0.25) is 0 Å². The van der Waals surface area contributed by atoms with Gasteiger partial charge in [0.05, 0.1) is 6.04 Å². The minimum atomic E-state index is -0.511. The van der Waals surface area contributed by atoms with Gasteiger partial charge in [-0.3, -0.25) is 14.5 Å². The van der Waals surface area contributed by atoms with Crippen LogP contribution in [0.15, 0.2) is 30.3 Å². The minimum Gasteiger partial charge on any atom is -0.445 e. The highest BCUT2D eigenvalue weighted by Gasteiger charge is 2.41. The van der Waals surface area contributed by atoms with E-state index in [9.17, 15) is 14.4 Å². The highest BCUT2D eigenvalue weighted by molar-refractivity contribution is 5.92. The molecular formula is C19H24N2O4. The Morgan fingerprint density at radius 3 is 2.32 bits per heavy atom. The summed E-state index contributed by atoms with van der Waals surface area (Å²) in [5, 5.41) is 0. The summed E-state index contributed by atoms with van der Waals surface area (Å²) in [5.41, 5.74) is 0.911. The lowest BCUT2D eigenvalue weighted by molar-refractivity contribution is -0.140. The Morgan fingerprint density at radius 1 is 1.00 bits per heavy atom. The average Bonchev–Trinajstić information content (AvgIpc) is 3.29. The molecule has 0 aliphatic carbocycles. The number of hydrogen-bond acceptors (Lipinski definition) is 4. The van der Waals surface area contributed by atoms with Crippen LogP contribution in [0.25, 0.3) is 0 Å². The van der Waals surface area contributed by atoms with Gasteiger partial charge in [0.1, 0.15) is 12.6 Å². The Labute approximate surface area is 147 Å². The molecule has 0 spiro atoms. The molecule has 2 aliphatic rings. The molecule has 0 unspecified atom stereocenters. The summed E-state index contributed by atoms with van der Waals surface area (Å²) in [6.45, 7) is 2.82. The number of rotatable bonds is 4. The van der Waals surface area contributed by atoms with E-state index in [0.717, 1.165) is 18.4 Å². The van der Waals surface area contributed by atoms with Crippen molar-refractivity contribution in [2.75, 3.05) is 13.1 Å². The third-order valence-corrected chi connectivity index (χ3v) is 4.98. The molecule has 2 amide bonds. The number of carbonyl (C=O) groups excluding carboxylic acids is 3. The molecule has 134 valence electrons. The third-order valence-electron chi connectivity index (χ3n) is 4.98. The number of amides is 2. The first-order chi connectivity index (χ1) is 12.1. The van der Waals surface area contributed by atoms with Crippen molar-refractivity contribution in [3.05, 3.63) is 35.9 Å². The predicted molar refractivity (Wildman–Crippen MR) is 91.8 cm³/mol. The molecule has 0 saturated carbocycles. The first-order valence-electron chi connectivity index (χ1n) is 8.86. The fourth-order valence-corrected chi connectivity index (χ4v) is 3.69. The Bertz CT molecular complexity index is 646. The van der Waals surface area contributed by atoms with E-state index in [-0.39, 0.29) is 24.3 Å². The molecule has 6 heteroatoms. The molecule has 3 rings (SSSR count). The van der Waals surface area contributed by atoms with Crippen molar-refractivity contribution >= 4 is 17.8 Å². The maximum atomic E-state index is 12.9. The monoisotopic (exact) mass is 344 g/mol. The molecule has 0 N–H and O–H groups in total. The van der Waals surface area contributed by atoms with Gasteiger partial charge in [0.25, 0.3) is 0 Å². The van der Waals surface area contributed by atoms with E-state index in [2.05, 4.69) is 0 Å². The van der Waals surface area contributed by atoms with E-state index in [1.807, 2.05) is 30.3 Å². The highest BCUT2D eigenvalue weighted by atomic mass is 16.6. The SMILES string of the molecule is CC(=O)[C@@H]1CCCN1C(=O)[C@@H]1CCCN1C(=O)OCc1ccccc1. The molecule has 2 atom stereocenters. The number of ether oxygens (including phenoxy) is 1. The van der Waals surface area contributed by atoms with Crippen molar-refractivity contribution in [2.24, 2.45) is 0 Å². The van der Waals surface area contributed by atoms with Gasteiger partial charge >= 0.3 is 6.09 Å². The Hall–Kier alpha value is -2.37. The fourth-order valence-electron chi connectivity index (χ4n) is 3.69. The van der Waals surface area contributed by atoms with Crippen LogP contribution in [-0.4, -0.2) is 52.8 Å². The number of benzene rings is 1. The van der Waals surface area contributed by atoms with Gasteiger partial charge in [-0.1, -0.05) is 30.3 Å². The largest absolute Gasteiger partial charge is 0.445 e. The second kappa shape index (κ2) is 7.68. The average molecular weight is 344 g/mol. The summed E-state index contributed by atoms with van der Waals surface area (Å²) in [4.78, 5) is 40.2. The summed E-state index contributed by atoms with van der Waals surface area (Å²) in [7, 11) is 0. The second-order valence-electron chi connectivity index (χ2n) is 6.69. The molecule has 0 bridgehead atoms. The van der Waals surface area contributed by atoms with E-state index in [4.69, 9.17) is 4.74 Å². The van der Waals surface area contributed by atoms with Gasteiger partial charge < -0.3 is 9.64 Å². The normalized spacial score (nSPS) is 22.9. The first kappa shape index (κ1) is 17.5. The molecule has 1 aromatic carbocycles. The standard InChI is InChI=1S/C19H24N2O4/c1-14(22)16-9-5-11-20(16)18(23)17-10-6-12-21(17)19(24)25-13-15-7-3-2-4-8-15/h2-4,7-8,16-17H,5-6,9-13H2,1H3/t16-,17-/m0/s1. The lowest BCUT2D eigenvalue weighted by Crippen LogP contribution is -2.50. The van der Waals surface area contributed by atoms with Gasteiger partial charge in [0, 0.05) is 13.1 Å². The number of Topliss-reactive ketones (excluding diaryl/α,β-unsaturated/α-hetero) is 1. The molecule has 0 radical (unpaired) electrons. The van der Waals surface area contributed by atoms with E-state index in [1.54, 1.807) is 4.90 Å². The maximum Gasteiger partial charge on any atom is 0.410 e. The third kappa shape index (κ3) is 3.83. The zero-order valence-electron chi connectivity index (χ0n) is 14.5. The van der Waals surface area contributed by atoms with Crippen molar-refractivity contribution in [3.63, 3.8) is 0 Å². The topological polar surface area (TPSA) is 66.9 Å². The molecule has 6 nitrogen and oxygen atoms in total. The van der Waals surface area contributed by atoms with Gasteiger partial charge in [-0.15, -0.1) is 0 Å². The number of likely N-dealkylation sites (tertiary alicyclic amines) is 2. The van der Waals surface area contributed by atoms with Gasteiger partial charge in [0.15, 0.2) is 5.78 Å². The minimum absolute atomic E-state index is 0.0158. The summed E-state index contributed by atoms with van der Waals surface area (Å²) in [5.74, 6) is -0.103. The number of carbonyl (C=O) groups is 3. The second-order valence-corrected chi connectivity index (χ2v) is 6.69. The van der Waals surface area contributed by atoms with E-state index >= 15 is 0 Å². The molecule has 25 heavy (non-hydrogen) atoms. The zero-order chi connectivity index (χ0) is 17.8. The van der Waals surface area contributed by atoms with Crippen LogP contribution in [0.5, 0.6) is 0 Å². The van der Waals surface area contributed by atoms with E-state index < -0.39 is 12.1 Å². The van der Waals surface area contributed by atoms with Crippen molar-refractivity contribution < 1.29 is 19.1 Å². The molecule has 2 fully saturated rings. The maximum absolute atomic E-state index is 12.9. The van der Waals surface area contributed by atoms with E-state index in [1.165, 1.54) is 11.8 Å². The van der Waals surface area contributed by atoms with Crippen molar-refractivity contribution in [2.45, 2.75) is 51.3 Å². The summed E-state index contributed by atoms with van der Waals surface area (Å²) in [6.07, 6.45) is 2.49. The van der Waals surface area contributed by atoms with Gasteiger partial charge in [-0.05, 0) is 38.2 Å². The molecule has 0 aromatic heterocycles. The van der Waals surface area contributed by atoms with Crippen LogP contribution in [-0.2, 0) is 20.9 Å². The number of nitrogens with zero attached hydrogens (tertiary/aromatic N) is 2. The Balaban J connectivity index is 1.62. The Morgan fingerprint density at radius 2 is 1.64 bits per heavy atom. The number of ketones is 1. The molecule has 2 saturated heterocycles.